The molecule has 1 N–H and O–H groups in total. The zero-order valence-corrected chi connectivity index (χ0v) is 22.2. The second-order valence-corrected chi connectivity index (χ2v) is 13.5. The summed E-state index contributed by atoms with van der Waals surface area (Å²) in [5, 5.41) is 3.41. The van der Waals surface area contributed by atoms with Crippen molar-refractivity contribution in [2.45, 2.75) is 109 Å². The molecule has 5 fully saturated rings. The summed E-state index contributed by atoms with van der Waals surface area (Å²) in [6, 6.07) is 9.10. The molecule has 2 amide bonds. The van der Waals surface area contributed by atoms with Crippen LogP contribution in [0.15, 0.2) is 18.2 Å². The molecular weight excluding hydrogens is 430 g/mol. The topological polar surface area (TPSA) is 35.6 Å². The number of urea groups is 1. The van der Waals surface area contributed by atoms with Gasteiger partial charge in [0.25, 0.3) is 0 Å². The van der Waals surface area contributed by atoms with Crippen LogP contribution in [0.25, 0.3) is 0 Å². The Balaban J connectivity index is 1.31. The lowest BCUT2D eigenvalue weighted by Gasteiger charge is -2.63. The maximum absolute atomic E-state index is 13.6. The van der Waals surface area contributed by atoms with E-state index in [9.17, 15) is 4.79 Å². The number of carbonyl (C=O) groups excluding carboxylic acids is 1. The highest BCUT2D eigenvalue weighted by molar-refractivity contribution is 5.75. The normalized spacial score (nSPS) is 40.1. The van der Waals surface area contributed by atoms with Crippen LogP contribution in [0.4, 0.5) is 4.79 Å². The molecule has 4 nitrogen and oxygen atoms in total. The Bertz CT molecular complexity index is 1010. The van der Waals surface area contributed by atoms with E-state index >= 15 is 0 Å². The highest BCUT2D eigenvalue weighted by atomic mass is 16.2. The molecule has 7 rings (SSSR count). The smallest absolute Gasteiger partial charge is 0.317 e. The molecule has 1 aromatic carbocycles. The first kappa shape index (κ1) is 22.6. The van der Waals surface area contributed by atoms with Gasteiger partial charge in [0.05, 0.1) is 0 Å². The predicted molar refractivity (Wildman–Crippen MR) is 141 cm³/mol. The summed E-state index contributed by atoms with van der Waals surface area (Å²) in [5.41, 5.74) is 5.24. The van der Waals surface area contributed by atoms with Gasteiger partial charge in [0.2, 0.25) is 0 Å². The summed E-state index contributed by atoms with van der Waals surface area (Å²) in [7, 11) is 0. The SMILES string of the molecule is CCCC1C2[C@@H](CN1C(=O)NC1CCC1)CC1(C)C3Cc4ccc(C)cc4C21CCN3CC1CC1. The third-order valence-electron chi connectivity index (χ3n) is 11.6. The zero-order valence-electron chi connectivity index (χ0n) is 22.2. The standard InChI is InChI=1S/C31H45N3O/c1-4-6-26-28-23(19-34(26)29(35)32-24-7-5-8-24)17-30(3)27-16-22-12-9-20(2)15-25(22)31(28,30)13-14-33(27)18-21-10-11-21/h9,12,15,21,23-24,26-28H,4-8,10-11,13-14,16-19H2,1-3H3,(H,32,35)/t23-,26?,27?,28?,30?,31?/m1/s1. The Morgan fingerprint density at radius 2 is 2.03 bits per heavy atom. The predicted octanol–water partition coefficient (Wildman–Crippen LogP) is 5.66. The number of nitrogens with one attached hydrogen (secondary N) is 1. The molecule has 2 bridgehead atoms. The molecule has 190 valence electrons. The fourth-order valence-electron chi connectivity index (χ4n) is 9.80. The number of hydrogen-bond acceptors (Lipinski definition) is 2. The van der Waals surface area contributed by atoms with E-state index in [1.807, 2.05) is 0 Å². The number of benzene rings is 1. The van der Waals surface area contributed by atoms with Crippen LogP contribution in [-0.4, -0.2) is 53.6 Å². The highest BCUT2D eigenvalue weighted by Crippen LogP contribution is 2.71. The van der Waals surface area contributed by atoms with Crippen LogP contribution in [0.5, 0.6) is 0 Å². The number of carbonyl (C=O) groups is 1. The molecule has 3 saturated carbocycles. The number of rotatable bonds is 5. The van der Waals surface area contributed by atoms with Crippen molar-refractivity contribution in [3.63, 3.8) is 0 Å². The molecular formula is C31H45N3O. The van der Waals surface area contributed by atoms with E-state index in [0.717, 1.165) is 38.1 Å². The Morgan fingerprint density at radius 1 is 1.20 bits per heavy atom. The van der Waals surface area contributed by atoms with Crippen LogP contribution in [0.1, 0.15) is 88.3 Å². The van der Waals surface area contributed by atoms with Gasteiger partial charge in [-0.15, -0.1) is 0 Å². The average Bonchev–Trinajstić information content (AvgIpc) is 3.48. The van der Waals surface area contributed by atoms with E-state index in [0.29, 0.717) is 35.4 Å². The molecule has 4 heteroatoms. The maximum atomic E-state index is 13.6. The van der Waals surface area contributed by atoms with Gasteiger partial charge in [-0.2, -0.15) is 0 Å². The molecule has 2 aliphatic heterocycles. The average molecular weight is 476 g/mol. The number of aryl methyl sites for hydroxylation is 1. The van der Waals surface area contributed by atoms with Gasteiger partial charge in [0.1, 0.15) is 0 Å². The van der Waals surface area contributed by atoms with Crippen LogP contribution < -0.4 is 5.32 Å². The third kappa shape index (κ3) is 3.17. The van der Waals surface area contributed by atoms with Crippen molar-refractivity contribution < 1.29 is 4.79 Å². The first-order valence-corrected chi connectivity index (χ1v) is 14.9. The van der Waals surface area contributed by atoms with Gasteiger partial charge in [0, 0.05) is 36.6 Å². The quantitative estimate of drug-likeness (QED) is 0.596. The maximum Gasteiger partial charge on any atom is 0.317 e. The molecule has 2 heterocycles. The van der Waals surface area contributed by atoms with Crippen molar-refractivity contribution in [2.75, 3.05) is 19.6 Å². The molecule has 6 aliphatic rings. The van der Waals surface area contributed by atoms with Gasteiger partial charge in [-0.3, -0.25) is 4.90 Å². The van der Waals surface area contributed by atoms with Gasteiger partial charge < -0.3 is 10.2 Å². The van der Waals surface area contributed by atoms with E-state index in [2.05, 4.69) is 54.1 Å². The molecule has 5 unspecified atom stereocenters. The number of hydrogen-bond donors (Lipinski definition) is 1. The van der Waals surface area contributed by atoms with Crippen molar-refractivity contribution >= 4 is 6.03 Å². The molecule has 4 aliphatic carbocycles. The van der Waals surface area contributed by atoms with Gasteiger partial charge in [-0.1, -0.05) is 44.0 Å². The van der Waals surface area contributed by atoms with Crippen molar-refractivity contribution in [2.24, 2.45) is 23.2 Å². The first-order chi connectivity index (χ1) is 16.9. The molecule has 2 saturated heterocycles. The monoisotopic (exact) mass is 475 g/mol. The Hall–Kier alpha value is -1.55. The van der Waals surface area contributed by atoms with Crippen LogP contribution >= 0.6 is 0 Å². The summed E-state index contributed by atoms with van der Waals surface area (Å²) < 4.78 is 0. The molecule has 1 aromatic rings. The van der Waals surface area contributed by atoms with Crippen molar-refractivity contribution in [1.29, 1.82) is 0 Å². The van der Waals surface area contributed by atoms with E-state index in [-0.39, 0.29) is 11.4 Å². The van der Waals surface area contributed by atoms with Crippen molar-refractivity contribution in [3.05, 3.63) is 34.9 Å². The van der Waals surface area contributed by atoms with E-state index in [4.69, 9.17) is 0 Å². The summed E-state index contributed by atoms with van der Waals surface area (Å²) in [4.78, 5) is 18.8. The van der Waals surface area contributed by atoms with E-state index in [1.165, 1.54) is 57.2 Å². The minimum absolute atomic E-state index is 0.216. The Kier molecular flexibility index (Phi) is 5.16. The second kappa shape index (κ2) is 7.97. The number of likely N-dealkylation sites (tertiary alicyclic amines) is 2. The lowest BCUT2D eigenvalue weighted by molar-refractivity contribution is -0.0628. The van der Waals surface area contributed by atoms with Crippen LogP contribution in [-0.2, 0) is 11.8 Å². The lowest BCUT2D eigenvalue weighted by atomic mass is 9.48. The van der Waals surface area contributed by atoms with Gasteiger partial charge >= 0.3 is 6.03 Å². The van der Waals surface area contributed by atoms with Crippen molar-refractivity contribution in [3.8, 4) is 0 Å². The second-order valence-electron chi connectivity index (χ2n) is 13.5. The molecule has 6 atom stereocenters. The summed E-state index contributed by atoms with van der Waals surface area (Å²) in [6.45, 7) is 10.8. The molecule has 0 radical (unpaired) electrons. The number of nitrogens with zero attached hydrogens (tertiary/aromatic N) is 2. The van der Waals surface area contributed by atoms with E-state index in [1.54, 1.807) is 11.1 Å². The minimum Gasteiger partial charge on any atom is -0.335 e. The van der Waals surface area contributed by atoms with Crippen LogP contribution in [0.3, 0.4) is 0 Å². The molecule has 0 aromatic heterocycles. The Morgan fingerprint density at radius 3 is 2.74 bits per heavy atom. The number of piperidine rings is 1. The van der Waals surface area contributed by atoms with Crippen LogP contribution in [0, 0.1) is 30.1 Å². The third-order valence-corrected chi connectivity index (χ3v) is 11.6. The fraction of sp³-hybridized carbons (Fsp3) is 0.774. The molecule has 0 spiro atoms. The fourth-order valence-corrected chi connectivity index (χ4v) is 9.80. The van der Waals surface area contributed by atoms with Gasteiger partial charge in [0.15, 0.2) is 0 Å². The zero-order chi connectivity index (χ0) is 23.9. The highest BCUT2D eigenvalue weighted by Gasteiger charge is 2.72. The van der Waals surface area contributed by atoms with Gasteiger partial charge in [-0.25, -0.2) is 4.79 Å². The van der Waals surface area contributed by atoms with Crippen molar-refractivity contribution in [1.82, 2.24) is 15.1 Å². The lowest BCUT2D eigenvalue weighted by Crippen LogP contribution is -2.67. The minimum atomic E-state index is 0.216. The number of fused-ring (bicyclic) bond motifs is 2. The van der Waals surface area contributed by atoms with Crippen LogP contribution in [0.2, 0.25) is 0 Å². The van der Waals surface area contributed by atoms with Gasteiger partial charge in [-0.05, 0) is 106 Å². The largest absolute Gasteiger partial charge is 0.335 e. The summed E-state index contributed by atoms with van der Waals surface area (Å²) in [6.07, 6.45) is 12.6. The number of amides is 2. The first-order valence-electron chi connectivity index (χ1n) is 14.9. The Labute approximate surface area is 212 Å². The molecule has 35 heavy (non-hydrogen) atoms. The van der Waals surface area contributed by atoms with E-state index < -0.39 is 0 Å². The summed E-state index contributed by atoms with van der Waals surface area (Å²) in [5.74, 6) is 2.19. The summed E-state index contributed by atoms with van der Waals surface area (Å²) >= 11 is 0.